The largest absolute Gasteiger partial charge is 0.497 e. The highest BCUT2D eigenvalue weighted by molar-refractivity contribution is 6.32. The van der Waals surface area contributed by atoms with E-state index in [1.165, 1.54) is 5.56 Å². The number of carbonyl (C=O) groups excluding carboxylic acids is 2. The minimum atomic E-state index is -0.210. The van der Waals surface area contributed by atoms with Crippen molar-refractivity contribution in [1.82, 2.24) is 10.2 Å². The summed E-state index contributed by atoms with van der Waals surface area (Å²) in [6, 6.07) is 20.8. The third-order valence-electron chi connectivity index (χ3n) is 6.85. The molecule has 5 rings (SSSR count). The average molecular weight is 513 g/mol. The van der Waals surface area contributed by atoms with Crippen LogP contribution in [0, 0.1) is 0 Å². The summed E-state index contributed by atoms with van der Waals surface area (Å²) >= 11 is 0. The van der Waals surface area contributed by atoms with Gasteiger partial charge in [-0.25, -0.2) is 0 Å². The number of methoxy groups -OCH3 is 1. The summed E-state index contributed by atoms with van der Waals surface area (Å²) in [5.74, 6) is 0.347. The summed E-state index contributed by atoms with van der Waals surface area (Å²) in [7, 11) is 1.62. The zero-order valence-corrected chi connectivity index (χ0v) is 21.6. The number of ether oxygens (including phenoxy) is 2. The van der Waals surface area contributed by atoms with Crippen LogP contribution in [-0.4, -0.2) is 50.1 Å². The van der Waals surface area contributed by atoms with Crippen LogP contribution in [0.3, 0.4) is 0 Å². The van der Waals surface area contributed by atoms with E-state index in [2.05, 4.69) is 33.0 Å². The van der Waals surface area contributed by atoms with Gasteiger partial charge in [0.15, 0.2) is 0 Å². The van der Waals surface area contributed by atoms with E-state index in [0.717, 1.165) is 49.8 Å². The maximum Gasteiger partial charge on any atom is 0.257 e. The molecule has 1 fully saturated rings. The summed E-state index contributed by atoms with van der Waals surface area (Å²) in [5.41, 5.74) is 5.40. The number of amides is 2. The Morgan fingerprint density at radius 2 is 1.89 bits per heavy atom. The standard InChI is InChI=1S/C30H32N4O4/c1-20(22-6-9-25(37-2)10-7-22)32-29(35)23-8-11-28-26(17-23)27(30(36)33-28)18-31-24-5-3-4-21(16-24)19-34-12-14-38-15-13-34/h3-11,16-18,20,31H,12-15,19H2,1-2H3,(H,32,35)(H,33,36)/b27-18-. The van der Waals surface area contributed by atoms with Gasteiger partial charge in [-0.15, -0.1) is 0 Å². The van der Waals surface area contributed by atoms with E-state index < -0.39 is 0 Å². The molecule has 196 valence electrons. The van der Waals surface area contributed by atoms with Crippen molar-refractivity contribution in [1.29, 1.82) is 0 Å². The molecular weight excluding hydrogens is 480 g/mol. The molecule has 8 heteroatoms. The molecule has 0 saturated carbocycles. The maximum absolute atomic E-state index is 13.0. The Bertz CT molecular complexity index is 1350. The highest BCUT2D eigenvalue weighted by Crippen LogP contribution is 2.33. The Morgan fingerprint density at radius 3 is 2.66 bits per heavy atom. The molecule has 8 nitrogen and oxygen atoms in total. The SMILES string of the molecule is COc1ccc(C(C)NC(=O)c2ccc3c(c2)/C(=C/Nc2cccc(CN4CCOCC4)c2)C(=O)N3)cc1. The number of hydrogen-bond donors (Lipinski definition) is 3. The van der Waals surface area contributed by atoms with Gasteiger partial charge in [0.25, 0.3) is 11.8 Å². The lowest BCUT2D eigenvalue weighted by Gasteiger charge is -2.26. The second kappa shape index (κ2) is 11.5. The fourth-order valence-electron chi connectivity index (χ4n) is 4.66. The van der Waals surface area contributed by atoms with Crippen molar-refractivity contribution in [2.45, 2.75) is 19.5 Å². The molecule has 0 radical (unpaired) electrons. The number of benzene rings is 3. The first kappa shape index (κ1) is 25.5. The molecule has 3 N–H and O–H groups in total. The number of hydrogen-bond acceptors (Lipinski definition) is 6. The fourth-order valence-corrected chi connectivity index (χ4v) is 4.66. The van der Waals surface area contributed by atoms with Crippen LogP contribution in [0.15, 0.2) is 72.9 Å². The molecule has 2 amide bonds. The van der Waals surface area contributed by atoms with Crippen molar-refractivity contribution in [2.75, 3.05) is 44.0 Å². The number of nitrogens with one attached hydrogen (secondary N) is 3. The highest BCUT2D eigenvalue weighted by Gasteiger charge is 2.25. The van der Waals surface area contributed by atoms with Gasteiger partial charge in [-0.3, -0.25) is 14.5 Å². The van der Waals surface area contributed by atoms with E-state index in [-0.39, 0.29) is 17.9 Å². The van der Waals surface area contributed by atoms with E-state index in [1.807, 2.05) is 43.3 Å². The third-order valence-corrected chi connectivity index (χ3v) is 6.85. The Hall–Kier alpha value is -4.14. The van der Waals surface area contributed by atoms with Crippen LogP contribution < -0.4 is 20.7 Å². The van der Waals surface area contributed by atoms with Crippen molar-refractivity contribution in [3.8, 4) is 5.75 Å². The number of fused-ring (bicyclic) bond motifs is 1. The number of morpholine rings is 1. The first-order chi connectivity index (χ1) is 18.5. The van der Waals surface area contributed by atoms with Gasteiger partial charge in [-0.1, -0.05) is 24.3 Å². The van der Waals surface area contributed by atoms with E-state index in [4.69, 9.17) is 9.47 Å². The molecule has 0 aromatic heterocycles. The molecule has 38 heavy (non-hydrogen) atoms. The summed E-state index contributed by atoms with van der Waals surface area (Å²) in [6.45, 7) is 6.16. The Kier molecular flexibility index (Phi) is 7.72. The summed E-state index contributed by atoms with van der Waals surface area (Å²) in [6.07, 6.45) is 1.71. The zero-order valence-electron chi connectivity index (χ0n) is 21.6. The Morgan fingerprint density at radius 1 is 1.11 bits per heavy atom. The maximum atomic E-state index is 13.0. The molecule has 0 bridgehead atoms. The highest BCUT2D eigenvalue weighted by atomic mass is 16.5. The predicted octanol–water partition coefficient (Wildman–Crippen LogP) is 4.42. The summed E-state index contributed by atoms with van der Waals surface area (Å²) in [5, 5.41) is 9.19. The van der Waals surface area contributed by atoms with Gasteiger partial charge >= 0.3 is 0 Å². The van der Waals surface area contributed by atoms with Crippen LogP contribution in [0.2, 0.25) is 0 Å². The molecule has 2 aliphatic heterocycles. The lowest BCUT2D eigenvalue weighted by atomic mass is 10.0. The van der Waals surface area contributed by atoms with Gasteiger partial charge < -0.3 is 25.4 Å². The Labute approximate surface area is 222 Å². The number of anilines is 2. The predicted molar refractivity (Wildman–Crippen MR) is 148 cm³/mol. The van der Waals surface area contributed by atoms with Crippen molar-refractivity contribution >= 4 is 28.8 Å². The van der Waals surface area contributed by atoms with Crippen molar-refractivity contribution in [2.24, 2.45) is 0 Å². The molecular formula is C30H32N4O4. The Balaban J connectivity index is 1.28. The van der Waals surface area contributed by atoms with E-state index in [0.29, 0.717) is 22.4 Å². The molecule has 1 unspecified atom stereocenters. The van der Waals surface area contributed by atoms with E-state index >= 15 is 0 Å². The minimum Gasteiger partial charge on any atom is -0.497 e. The van der Waals surface area contributed by atoms with Crippen LogP contribution in [0.25, 0.3) is 5.57 Å². The van der Waals surface area contributed by atoms with Crippen LogP contribution in [0.4, 0.5) is 11.4 Å². The van der Waals surface area contributed by atoms with Crippen molar-refractivity contribution in [3.63, 3.8) is 0 Å². The van der Waals surface area contributed by atoms with Gasteiger partial charge in [0, 0.05) is 48.3 Å². The van der Waals surface area contributed by atoms with Crippen LogP contribution in [0.1, 0.15) is 40.0 Å². The van der Waals surface area contributed by atoms with Crippen molar-refractivity contribution < 1.29 is 19.1 Å². The molecule has 0 spiro atoms. The van der Waals surface area contributed by atoms with Crippen LogP contribution in [-0.2, 0) is 16.1 Å². The molecule has 2 heterocycles. The van der Waals surface area contributed by atoms with Gasteiger partial charge in [0.05, 0.1) is 31.9 Å². The number of nitrogens with zero attached hydrogens (tertiary/aromatic N) is 1. The molecule has 0 aliphatic carbocycles. The number of rotatable bonds is 8. The van der Waals surface area contributed by atoms with Gasteiger partial charge in [-0.2, -0.15) is 0 Å². The van der Waals surface area contributed by atoms with Gasteiger partial charge in [-0.05, 0) is 60.5 Å². The molecule has 3 aromatic rings. The fraction of sp³-hybridized carbons (Fsp3) is 0.267. The summed E-state index contributed by atoms with van der Waals surface area (Å²) in [4.78, 5) is 28.1. The van der Waals surface area contributed by atoms with E-state index in [9.17, 15) is 9.59 Å². The zero-order chi connectivity index (χ0) is 26.5. The lowest BCUT2D eigenvalue weighted by Crippen LogP contribution is -2.35. The van der Waals surface area contributed by atoms with Crippen molar-refractivity contribution in [3.05, 3.63) is 95.2 Å². The van der Waals surface area contributed by atoms with Crippen LogP contribution >= 0.6 is 0 Å². The van der Waals surface area contributed by atoms with Gasteiger partial charge in [0.1, 0.15) is 5.75 Å². The molecule has 1 saturated heterocycles. The van der Waals surface area contributed by atoms with Gasteiger partial charge in [0.2, 0.25) is 0 Å². The summed E-state index contributed by atoms with van der Waals surface area (Å²) < 4.78 is 10.6. The second-order valence-corrected chi connectivity index (χ2v) is 9.47. The first-order valence-electron chi connectivity index (χ1n) is 12.8. The minimum absolute atomic E-state index is 0.192. The third kappa shape index (κ3) is 5.88. The van der Waals surface area contributed by atoms with Crippen LogP contribution in [0.5, 0.6) is 5.75 Å². The first-order valence-corrected chi connectivity index (χ1v) is 12.8. The lowest BCUT2D eigenvalue weighted by molar-refractivity contribution is -0.110. The van der Waals surface area contributed by atoms with E-state index in [1.54, 1.807) is 31.5 Å². The number of carbonyl (C=O) groups is 2. The second-order valence-electron chi connectivity index (χ2n) is 9.47. The normalized spacial score (nSPS) is 17.0. The monoisotopic (exact) mass is 512 g/mol. The quantitative estimate of drug-likeness (QED) is 0.387. The average Bonchev–Trinajstić information content (AvgIpc) is 3.26. The smallest absolute Gasteiger partial charge is 0.257 e. The molecule has 3 aromatic carbocycles. The molecule has 1 atom stereocenters. The molecule has 2 aliphatic rings. The topological polar surface area (TPSA) is 91.9 Å².